The molecule has 1 aromatic carbocycles. The maximum Gasteiger partial charge on any atom is 0.306 e. The molecule has 0 spiro atoms. The van der Waals surface area contributed by atoms with Gasteiger partial charge in [-0.25, -0.2) is 4.39 Å². The van der Waals surface area contributed by atoms with Crippen LogP contribution in [0.2, 0.25) is 0 Å². The molecule has 1 saturated carbocycles. The Hall–Kier alpha value is -1.91. The van der Waals surface area contributed by atoms with Gasteiger partial charge in [0.25, 0.3) is 0 Å². The lowest BCUT2D eigenvalue weighted by molar-refractivity contribution is -0.141. The largest absolute Gasteiger partial charge is 0.481 e. The second-order valence-electron chi connectivity index (χ2n) is 5.37. The molecule has 2 rings (SSSR count). The molecule has 0 saturated heterocycles. The number of hydrogen-bond acceptors (Lipinski definition) is 2. The number of carbonyl (C=O) groups excluding carboxylic acids is 1. The second-order valence-corrected chi connectivity index (χ2v) is 5.37. The molecule has 1 aromatic rings. The van der Waals surface area contributed by atoms with Crippen molar-refractivity contribution in [1.82, 2.24) is 4.90 Å². The summed E-state index contributed by atoms with van der Waals surface area (Å²) in [5, 5.41) is 8.95. The highest BCUT2D eigenvalue weighted by atomic mass is 19.1. The van der Waals surface area contributed by atoms with E-state index in [-0.39, 0.29) is 17.6 Å². The fourth-order valence-corrected chi connectivity index (χ4v) is 2.68. The molecule has 2 unspecified atom stereocenters. The fraction of sp³-hybridized carbons (Fsp3) is 0.467. The van der Waals surface area contributed by atoms with E-state index in [2.05, 4.69) is 0 Å². The fourth-order valence-electron chi connectivity index (χ4n) is 2.68. The van der Waals surface area contributed by atoms with E-state index >= 15 is 0 Å². The molecule has 1 aliphatic rings. The van der Waals surface area contributed by atoms with Crippen LogP contribution in [0, 0.1) is 17.7 Å². The van der Waals surface area contributed by atoms with E-state index in [0.717, 1.165) is 5.56 Å². The van der Waals surface area contributed by atoms with Crippen LogP contribution in [0.1, 0.15) is 24.8 Å². The van der Waals surface area contributed by atoms with Gasteiger partial charge in [-0.1, -0.05) is 12.1 Å². The van der Waals surface area contributed by atoms with Crippen molar-refractivity contribution in [2.45, 2.75) is 25.8 Å². The van der Waals surface area contributed by atoms with Crippen molar-refractivity contribution in [2.24, 2.45) is 11.8 Å². The molecule has 5 heteroatoms. The van der Waals surface area contributed by atoms with Gasteiger partial charge < -0.3 is 10.0 Å². The van der Waals surface area contributed by atoms with Crippen LogP contribution in [0.5, 0.6) is 0 Å². The van der Waals surface area contributed by atoms with Gasteiger partial charge in [-0.2, -0.15) is 0 Å². The zero-order valence-corrected chi connectivity index (χ0v) is 11.4. The summed E-state index contributed by atoms with van der Waals surface area (Å²) in [6.45, 7) is 0.410. The quantitative estimate of drug-likeness (QED) is 0.920. The van der Waals surface area contributed by atoms with Gasteiger partial charge >= 0.3 is 5.97 Å². The SMILES string of the molecule is CN(Cc1ccc(F)cc1)C(=O)C1CCC(C(=O)O)C1. The third-order valence-corrected chi connectivity index (χ3v) is 3.84. The number of carboxylic acid groups (broad SMARTS) is 1. The van der Waals surface area contributed by atoms with Crippen LogP contribution < -0.4 is 0 Å². The van der Waals surface area contributed by atoms with E-state index in [9.17, 15) is 14.0 Å². The second kappa shape index (κ2) is 6.03. The average molecular weight is 279 g/mol. The Labute approximate surface area is 117 Å². The van der Waals surface area contributed by atoms with Crippen LogP contribution in [-0.4, -0.2) is 28.9 Å². The molecular formula is C15H18FNO3. The molecular weight excluding hydrogens is 261 g/mol. The third-order valence-electron chi connectivity index (χ3n) is 3.84. The molecule has 0 radical (unpaired) electrons. The number of nitrogens with zero attached hydrogens (tertiary/aromatic N) is 1. The number of carboxylic acids is 1. The van der Waals surface area contributed by atoms with E-state index < -0.39 is 11.9 Å². The van der Waals surface area contributed by atoms with Crippen LogP contribution in [0.3, 0.4) is 0 Å². The highest BCUT2D eigenvalue weighted by Crippen LogP contribution is 2.32. The number of rotatable bonds is 4. The predicted octanol–water partition coefficient (Wildman–Crippen LogP) is 2.29. The molecule has 0 heterocycles. The summed E-state index contributed by atoms with van der Waals surface area (Å²) in [5.41, 5.74) is 0.857. The summed E-state index contributed by atoms with van der Waals surface area (Å²) in [6, 6.07) is 6.02. The van der Waals surface area contributed by atoms with Gasteiger partial charge in [-0.15, -0.1) is 0 Å². The lowest BCUT2D eigenvalue weighted by atomic mass is 10.0. The van der Waals surface area contributed by atoms with Crippen LogP contribution in [0.15, 0.2) is 24.3 Å². The summed E-state index contributed by atoms with van der Waals surface area (Å²) < 4.78 is 12.8. The van der Waals surface area contributed by atoms with Gasteiger partial charge in [0.2, 0.25) is 5.91 Å². The monoisotopic (exact) mass is 279 g/mol. The Balaban J connectivity index is 1.92. The zero-order valence-electron chi connectivity index (χ0n) is 11.4. The number of halogens is 1. The lowest BCUT2D eigenvalue weighted by Crippen LogP contribution is -2.31. The van der Waals surface area contributed by atoms with Crippen LogP contribution in [0.25, 0.3) is 0 Å². The number of aliphatic carboxylic acids is 1. The minimum atomic E-state index is -0.818. The molecule has 4 nitrogen and oxygen atoms in total. The third kappa shape index (κ3) is 3.35. The zero-order chi connectivity index (χ0) is 14.7. The highest BCUT2D eigenvalue weighted by Gasteiger charge is 2.35. The standard InChI is InChI=1S/C15H18FNO3/c1-17(9-10-2-6-13(16)7-3-10)14(18)11-4-5-12(8-11)15(19)20/h2-3,6-7,11-12H,4-5,8-9H2,1H3,(H,19,20). The Kier molecular flexibility index (Phi) is 4.37. The first-order valence-electron chi connectivity index (χ1n) is 6.69. The Morgan fingerprint density at radius 3 is 2.40 bits per heavy atom. The van der Waals surface area contributed by atoms with Gasteiger partial charge in [0.05, 0.1) is 5.92 Å². The first-order chi connectivity index (χ1) is 9.47. The highest BCUT2D eigenvalue weighted by molar-refractivity contribution is 5.80. The van der Waals surface area contributed by atoms with E-state index in [1.165, 1.54) is 12.1 Å². The van der Waals surface area contributed by atoms with Crippen LogP contribution >= 0.6 is 0 Å². The van der Waals surface area contributed by atoms with Crippen molar-refractivity contribution < 1.29 is 19.1 Å². The van der Waals surface area contributed by atoms with E-state index in [1.807, 2.05) is 0 Å². The van der Waals surface area contributed by atoms with Gasteiger partial charge in [-0.05, 0) is 37.0 Å². The van der Waals surface area contributed by atoms with Crippen molar-refractivity contribution in [3.8, 4) is 0 Å². The van der Waals surface area contributed by atoms with Gasteiger partial charge in [-0.3, -0.25) is 9.59 Å². The Morgan fingerprint density at radius 2 is 1.85 bits per heavy atom. The van der Waals surface area contributed by atoms with Crippen molar-refractivity contribution in [3.05, 3.63) is 35.6 Å². The number of carbonyl (C=O) groups is 2. The van der Waals surface area contributed by atoms with Crippen molar-refractivity contribution in [1.29, 1.82) is 0 Å². The van der Waals surface area contributed by atoms with Crippen molar-refractivity contribution in [2.75, 3.05) is 7.05 Å². The molecule has 0 aliphatic heterocycles. The molecule has 1 N–H and O–H groups in total. The first kappa shape index (κ1) is 14.5. The van der Waals surface area contributed by atoms with Crippen molar-refractivity contribution >= 4 is 11.9 Å². The predicted molar refractivity (Wildman–Crippen MR) is 71.3 cm³/mol. The van der Waals surface area contributed by atoms with Gasteiger partial charge in [0.1, 0.15) is 5.82 Å². The normalized spacial score (nSPS) is 21.7. The molecule has 20 heavy (non-hydrogen) atoms. The van der Waals surface area contributed by atoms with Crippen LogP contribution in [-0.2, 0) is 16.1 Å². The molecule has 2 atom stereocenters. The van der Waals surface area contributed by atoms with Crippen LogP contribution in [0.4, 0.5) is 4.39 Å². The first-order valence-corrected chi connectivity index (χ1v) is 6.69. The molecule has 1 fully saturated rings. The molecule has 1 aliphatic carbocycles. The van der Waals surface area contributed by atoms with Gasteiger partial charge in [0, 0.05) is 19.5 Å². The minimum Gasteiger partial charge on any atom is -0.481 e. The van der Waals surface area contributed by atoms with Gasteiger partial charge in [0.15, 0.2) is 0 Å². The summed E-state index contributed by atoms with van der Waals surface area (Å²) in [4.78, 5) is 24.7. The number of benzene rings is 1. The number of amides is 1. The summed E-state index contributed by atoms with van der Waals surface area (Å²) in [7, 11) is 1.69. The van der Waals surface area contributed by atoms with Crippen molar-refractivity contribution in [3.63, 3.8) is 0 Å². The maximum atomic E-state index is 12.8. The lowest BCUT2D eigenvalue weighted by Gasteiger charge is -2.21. The van der Waals surface area contributed by atoms with E-state index in [1.54, 1.807) is 24.1 Å². The summed E-state index contributed by atoms with van der Waals surface area (Å²) in [5.74, 6) is -1.76. The van der Waals surface area contributed by atoms with E-state index in [0.29, 0.717) is 25.8 Å². The average Bonchev–Trinajstić information content (AvgIpc) is 2.90. The molecule has 108 valence electrons. The number of hydrogen-bond donors (Lipinski definition) is 1. The Bertz CT molecular complexity index is 500. The summed E-state index contributed by atoms with van der Waals surface area (Å²) >= 11 is 0. The van der Waals surface area contributed by atoms with E-state index in [4.69, 9.17) is 5.11 Å². The Morgan fingerprint density at radius 1 is 1.25 bits per heavy atom. The minimum absolute atomic E-state index is 0.0296. The molecule has 0 aromatic heterocycles. The maximum absolute atomic E-state index is 12.8. The molecule has 1 amide bonds. The topological polar surface area (TPSA) is 57.6 Å². The molecule has 0 bridgehead atoms. The summed E-state index contributed by atoms with van der Waals surface area (Å²) in [6.07, 6.45) is 1.61. The smallest absolute Gasteiger partial charge is 0.306 e.